The Morgan fingerprint density at radius 1 is 1.27 bits per heavy atom. The number of likely N-dealkylation sites (tertiary alicyclic amines) is 1. The lowest BCUT2D eigenvalue weighted by atomic mass is 9.98. The van der Waals surface area contributed by atoms with Crippen molar-refractivity contribution in [3.05, 3.63) is 18.3 Å². The van der Waals surface area contributed by atoms with E-state index in [0.717, 1.165) is 57.0 Å². The molecule has 2 fully saturated rings. The molecule has 0 saturated carbocycles. The molecule has 1 aromatic rings. The SMILES string of the molecule is CC(C)OC(=O)N1CCC(COc2ccc(N3CCC(N)C3)nc2)CC1. The molecule has 2 aliphatic heterocycles. The normalized spacial score (nSPS) is 21.3. The largest absolute Gasteiger partial charge is 0.492 e. The number of carbonyl (C=O) groups is 1. The van der Waals surface area contributed by atoms with Gasteiger partial charge in [-0.25, -0.2) is 9.78 Å². The molecule has 2 aliphatic rings. The molecule has 2 saturated heterocycles. The van der Waals surface area contributed by atoms with Crippen molar-refractivity contribution in [3.63, 3.8) is 0 Å². The van der Waals surface area contributed by atoms with Crippen LogP contribution in [0.15, 0.2) is 18.3 Å². The first-order valence-electron chi connectivity index (χ1n) is 9.56. The zero-order valence-corrected chi connectivity index (χ0v) is 15.8. The number of nitrogens with two attached hydrogens (primary N) is 1. The lowest BCUT2D eigenvalue weighted by Crippen LogP contribution is -2.40. The molecule has 7 heteroatoms. The fourth-order valence-electron chi connectivity index (χ4n) is 3.41. The molecule has 1 atom stereocenters. The van der Waals surface area contributed by atoms with Crippen LogP contribution < -0.4 is 15.4 Å². The van der Waals surface area contributed by atoms with Gasteiger partial charge in [0.05, 0.1) is 18.9 Å². The molecule has 1 aromatic heterocycles. The van der Waals surface area contributed by atoms with Gasteiger partial charge in [-0.05, 0) is 51.2 Å². The molecule has 7 nitrogen and oxygen atoms in total. The van der Waals surface area contributed by atoms with E-state index in [1.54, 1.807) is 11.1 Å². The highest BCUT2D eigenvalue weighted by atomic mass is 16.6. The second kappa shape index (κ2) is 8.58. The molecule has 0 bridgehead atoms. The lowest BCUT2D eigenvalue weighted by molar-refractivity contribution is 0.0608. The zero-order chi connectivity index (χ0) is 18.5. The van der Waals surface area contributed by atoms with Gasteiger partial charge in [-0.3, -0.25) is 0 Å². The van der Waals surface area contributed by atoms with Crippen molar-refractivity contribution in [1.82, 2.24) is 9.88 Å². The third-order valence-corrected chi connectivity index (χ3v) is 4.96. The molecule has 1 amide bonds. The van der Waals surface area contributed by atoms with Gasteiger partial charge < -0.3 is 25.0 Å². The summed E-state index contributed by atoms with van der Waals surface area (Å²) in [4.78, 5) is 20.4. The monoisotopic (exact) mass is 362 g/mol. The fourth-order valence-corrected chi connectivity index (χ4v) is 3.41. The second-order valence-electron chi connectivity index (χ2n) is 7.52. The van der Waals surface area contributed by atoms with Gasteiger partial charge in [-0.1, -0.05) is 0 Å². The van der Waals surface area contributed by atoms with E-state index in [2.05, 4.69) is 9.88 Å². The molecule has 0 radical (unpaired) electrons. The molecule has 1 unspecified atom stereocenters. The Labute approximate surface area is 155 Å². The van der Waals surface area contributed by atoms with Gasteiger partial charge in [0.2, 0.25) is 0 Å². The van der Waals surface area contributed by atoms with Gasteiger partial charge in [0.1, 0.15) is 11.6 Å². The van der Waals surface area contributed by atoms with Gasteiger partial charge in [0.25, 0.3) is 0 Å². The summed E-state index contributed by atoms with van der Waals surface area (Å²) >= 11 is 0. The summed E-state index contributed by atoms with van der Waals surface area (Å²) in [6.07, 6.45) is 4.39. The maximum absolute atomic E-state index is 11.9. The number of hydrogen-bond donors (Lipinski definition) is 1. The molecule has 0 aromatic carbocycles. The minimum absolute atomic E-state index is 0.0738. The summed E-state index contributed by atoms with van der Waals surface area (Å²) in [5.41, 5.74) is 5.95. The van der Waals surface area contributed by atoms with Crippen LogP contribution in [-0.4, -0.2) is 60.9 Å². The number of carbonyl (C=O) groups excluding carboxylic acids is 1. The Morgan fingerprint density at radius 2 is 2.04 bits per heavy atom. The van der Waals surface area contributed by atoms with Crippen LogP contribution in [0.1, 0.15) is 33.1 Å². The smallest absolute Gasteiger partial charge is 0.410 e. The molecular formula is C19H30N4O3. The standard InChI is InChI=1S/C19H30N4O3/c1-14(2)26-19(24)22-8-5-15(6-9-22)13-25-17-3-4-18(21-11-17)23-10-7-16(20)12-23/h3-4,11,14-16H,5-10,12-13,20H2,1-2H3. The summed E-state index contributed by atoms with van der Waals surface area (Å²) in [5.74, 6) is 2.20. The number of rotatable bonds is 5. The van der Waals surface area contributed by atoms with E-state index >= 15 is 0 Å². The first-order chi connectivity index (χ1) is 12.5. The van der Waals surface area contributed by atoms with E-state index in [0.29, 0.717) is 12.5 Å². The number of amides is 1. The van der Waals surface area contributed by atoms with Crippen LogP contribution >= 0.6 is 0 Å². The van der Waals surface area contributed by atoms with Gasteiger partial charge in [0, 0.05) is 32.2 Å². The summed E-state index contributed by atoms with van der Waals surface area (Å²) in [6, 6.07) is 4.22. The van der Waals surface area contributed by atoms with Gasteiger partial charge >= 0.3 is 6.09 Å². The van der Waals surface area contributed by atoms with Crippen LogP contribution in [0.3, 0.4) is 0 Å². The summed E-state index contributed by atoms with van der Waals surface area (Å²) in [7, 11) is 0. The van der Waals surface area contributed by atoms with E-state index in [1.807, 2.05) is 26.0 Å². The Hall–Kier alpha value is -2.02. The summed E-state index contributed by atoms with van der Waals surface area (Å²) in [6.45, 7) is 7.68. The molecular weight excluding hydrogens is 332 g/mol. The zero-order valence-electron chi connectivity index (χ0n) is 15.8. The lowest BCUT2D eigenvalue weighted by Gasteiger charge is -2.31. The predicted molar refractivity (Wildman–Crippen MR) is 100 cm³/mol. The van der Waals surface area contributed by atoms with Crippen molar-refractivity contribution < 1.29 is 14.3 Å². The number of anilines is 1. The maximum atomic E-state index is 11.9. The molecule has 2 N–H and O–H groups in total. The maximum Gasteiger partial charge on any atom is 0.410 e. The number of nitrogens with zero attached hydrogens (tertiary/aromatic N) is 3. The van der Waals surface area contributed by atoms with Crippen LogP contribution in [0.4, 0.5) is 10.6 Å². The van der Waals surface area contributed by atoms with Crippen LogP contribution in [0.2, 0.25) is 0 Å². The van der Waals surface area contributed by atoms with Crippen molar-refractivity contribution in [1.29, 1.82) is 0 Å². The average molecular weight is 362 g/mol. The molecule has 3 heterocycles. The van der Waals surface area contributed by atoms with Crippen molar-refractivity contribution in [2.24, 2.45) is 11.7 Å². The Morgan fingerprint density at radius 3 is 2.62 bits per heavy atom. The highest BCUT2D eigenvalue weighted by Gasteiger charge is 2.25. The number of aromatic nitrogens is 1. The second-order valence-corrected chi connectivity index (χ2v) is 7.52. The third kappa shape index (κ3) is 5.00. The van der Waals surface area contributed by atoms with Gasteiger partial charge in [-0.15, -0.1) is 0 Å². The van der Waals surface area contributed by atoms with Crippen LogP contribution in [0, 0.1) is 5.92 Å². The van der Waals surface area contributed by atoms with Crippen molar-refractivity contribution >= 4 is 11.9 Å². The average Bonchev–Trinajstić information content (AvgIpc) is 3.07. The predicted octanol–water partition coefficient (Wildman–Crippen LogP) is 2.25. The van der Waals surface area contributed by atoms with Crippen molar-refractivity contribution in [2.45, 2.75) is 45.3 Å². The van der Waals surface area contributed by atoms with Crippen LogP contribution in [0.5, 0.6) is 5.75 Å². The topological polar surface area (TPSA) is 80.9 Å². The minimum Gasteiger partial charge on any atom is -0.492 e. The van der Waals surface area contributed by atoms with E-state index < -0.39 is 0 Å². The first kappa shape index (κ1) is 18.8. The quantitative estimate of drug-likeness (QED) is 0.865. The van der Waals surface area contributed by atoms with Gasteiger partial charge in [0.15, 0.2) is 0 Å². The van der Waals surface area contributed by atoms with Gasteiger partial charge in [-0.2, -0.15) is 0 Å². The van der Waals surface area contributed by atoms with Crippen molar-refractivity contribution in [2.75, 3.05) is 37.7 Å². The third-order valence-electron chi connectivity index (χ3n) is 4.96. The number of ether oxygens (including phenoxy) is 2. The number of pyridine rings is 1. The molecule has 26 heavy (non-hydrogen) atoms. The van der Waals surface area contributed by atoms with Crippen molar-refractivity contribution in [3.8, 4) is 5.75 Å². The van der Waals surface area contributed by atoms with E-state index in [4.69, 9.17) is 15.2 Å². The fraction of sp³-hybridized carbons (Fsp3) is 0.684. The highest BCUT2D eigenvalue weighted by molar-refractivity contribution is 5.67. The first-order valence-corrected chi connectivity index (χ1v) is 9.56. The molecule has 0 spiro atoms. The minimum atomic E-state index is -0.208. The Kier molecular flexibility index (Phi) is 6.19. The van der Waals surface area contributed by atoms with E-state index in [9.17, 15) is 4.79 Å². The van der Waals surface area contributed by atoms with E-state index in [-0.39, 0.29) is 18.2 Å². The molecule has 0 aliphatic carbocycles. The number of hydrogen-bond acceptors (Lipinski definition) is 6. The van der Waals surface area contributed by atoms with Crippen LogP contribution in [-0.2, 0) is 4.74 Å². The molecule has 144 valence electrons. The van der Waals surface area contributed by atoms with Crippen LogP contribution in [0.25, 0.3) is 0 Å². The highest BCUT2D eigenvalue weighted by Crippen LogP contribution is 2.22. The Balaban J connectivity index is 1.40. The summed E-state index contributed by atoms with van der Waals surface area (Å²) < 4.78 is 11.2. The summed E-state index contributed by atoms with van der Waals surface area (Å²) in [5, 5.41) is 0. The van der Waals surface area contributed by atoms with E-state index in [1.165, 1.54) is 0 Å². The molecule has 3 rings (SSSR count). The number of piperidine rings is 1. The Bertz CT molecular complexity index is 585.